The molecule has 3 rings (SSSR count). The number of aromatic nitrogens is 2. The van der Waals surface area contributed by atoms with Crippen molar-refractivity contribution in [3.63, 3.8) is 0 Å². The Hall–Kier alpha value is -2.50. The topological polar surface area (TPSA) is 77.5 Å². The number of benzene rings is 1. The highest BCUT2D eigenvalue weighted by Gasteiger charge is 2.21. The van der Waals surface area contributed by atoms with Crippen LogP contribution >= 0.6 is 0 Å². The molecule has 1 atom stereocenters. The predicted octanol–water partition coefficient (Wildman–Crippen LogP) is 1.35. The number of nitrogens with two attached hydrogens (primary N) is 1. The average Bonchev–Trinajstić information content (AvgIpc) is 2.91. The van der Waals surface area contributed by atoms with Gasteiger partial charge in [-0.15, -0.1) is 0 Å². The SMILES string of the molecule is Cn1ccc(CN=C(N)NC2CCOc3ccccc32)n1. The second-order valence-corrected chi connectivity index (χ2v) is 5.05. The van der Waals surface area contributed by atoms with Crippen LogP contribution in [0.4, 0.5) is 0 Å². The maximum atomic E-state index is 5.98. The van der Waals surface area contributed by atoms with Crippen molar-refractivity contribution >= 4 is 5.96 Å². The van der Waals surface area contributed by atoms with Crippen molar-refractivity contribution in [2.45, 2.75) is 19.0 Å². The number of aryl methyl sites for hydroxylation is 1. The zero-order valence-electron chi connectivity index (χ0n) is 12.0. The molecule has 0 amide bonds. The summed E-state index contributed by atoms with van der Waals surface area (Å²) < 4.78 is 7.39. The molecule has 0 bridgehead atoms. The highest BCUT2D eigenvalue weighted by Crippen LogP contribution is 2.31. The summed E-state index contributed by atoms with van der Waals surface area (Å²) in [5.41, 5.74) is 8.00. The van der Waals surface area contributed by atoms with Gasteiger partial charge in [0.05, 0.1) is 24.9 Å². The van der Waals surface area contributed by atoms with Crippen LogP contribution in [-0.2, 0) is 13.6 Å². The van der Waals surface area contributed by atoms with Crippen LogP contribution in [0.15, 0.2) is 41.5 Å². The zero-order valence-corrected chi connectivity index (χ0v) is 12.0. The van der Waals surface area contributed by atoms with E-state index in [9.17, 15) is 0 Å². The molecule has 0 saturated carbocycles. The Kier molecular flexibility index (Phi) is 3.77. The van der Waals surface area contributed by atoms with Gasteiger partial charge in [-0.2, -0.15) is 5.10 Å². The van der Waals surface area contributed by atoms with E-state index in [0.29, 0.717) is 19.1 Å². The molecule has 0 saturated heterocycles. The predicted molar refractivity (Wildman–Crippen MR) is 81.0 cm³/mol. The Morgan fingerprint density at radius 3 is 3.14 bits per heavy atom. The summed E-state index contributed by atoms with van der Waals surface area (Å²) in [5.74, 6) is 1.35. The number of hydrogen-bond acceptors (Lipinski definition) is 3. The van der Waals surface area contributed by atoms with Crippen molar-refractivity contribution in [2.24, 2.45) is 17.8 Å². The quantitative estimate of drug-likeness (QED) is 0.659. The van der Waals surface area contributed by atoms with E-state index in [-0.39, 0.29) is 6.04 Å². The largest absolute Gasteiger partial charge is 0.493 e. The number of hydrogen-bond donors (Lipinski definition) is 2. The number of aliphatic imine (C=N–C) groups is 1. The van der Waals surface area contributed by atoms with Gasteiger partial charge in [0.25, 0.3) is 0 Å². The molecule has 1 aromatic carbocycles. The number of nitrogens with one attached hydrogen (secondary N) is 1. The number of para-hydroxylation sites is 1. The minimum Gasteiger partial charge on any atom is -0.493 e. The van der Waals surface area contributed by atoms with Gasteiger partial charge < -0.3 is 15.8 Å². The van der Waals surface area contributed by atoms with Gasteiger partial charge in [0.15, 0.2) is 5.96 Å². The first kappa shape index (κ1) is 13.5. The van der Waals surface area contributed by atoms with Crippen molar-refractivity contribution in [1.82, 2.24) is 15.1 Å². The van der Waals surface area contributed by atoms with E-state index in [1.807, 2.05) is 37.5 Å². The molecule has 0 fully saturated rings. The van der Waals surface area contributed by atoms with E-state index in [1.165, 1.54) is 0 Å². The summed E-state index contributed by atoms with van der Waals surface area (Å²) in [6, 6.07) is 10.1. The normalized spacial score (nSPS) is 18.0. The van der Waals surface area contributed by atoms with Crippen LogP contribution < -0.4 is 15.8 Å². The highest BCUT2D eigenvalue weighted by atomic mass is 16.5. The smallest absolute Gasteiger partial charge is 0.189 e. The Balaban J connectivity index is 1.66. The van der Waals surface area contributed by atoms with Crippen LogP contribution in [-0.4, -0.2) is 22.3 Å². The van der Waals surface area contributed by atoms with Crippen LogP contribution in [0, 0.1) is 0 Å². The molecule has 0 aliphatic carbocycles. The molecule has 1 aromatic heterocycles. The first-order chi connectivity index (χ1) is 10.2. The van der Waals surface area contributed by atoms with E-state index in [2.05, 4.69) is 21.5 Å². The summed E-state index contributed by atoms with van der Waals surface area (Å²) in [6.45, 7) is 1.16. The first-order valence-corrected chi connectivity index (χ1v) is 6.99. The van der Waals surface area contributed by atoms with Gasteiger partial charge in [-0.1, -0.05) is 18.2 Å². The lowest BCUT2D eigenvalue weighted by Gasteiger charge is -2.26. The second-order valence-electron chi connectivity index (χ2n) is 5.05. The number of nitrogens with zero attached hydrogens (tertiary/aromatic N) is 3. The van der Waals surface area contributed by atoms with Crippen molar-refractivity contribution in [3.8, 4) is 5.75 Å². The van der Waals surface area contributed by atoms with Gasteiger partial charge in [-0.3, -0.25) is 4.68 Å². The summed E-state index contributed by atoms with van der Waals surface area (Å²) in [5, 5.41) is 7.54. The van der Waals surface area contributed by atoms with E-state index < -0.39 is 0 Å². The van der Waals surface area contributed by atoms with Gasteiger partial charge in [0.1, 0.15) is 5.75 Å². The fourth-order valence-electron chi connectivity index (χ4n) is 2.43. The summed E-state index contributed by atoms with van der Waals surface area (Å²) in [4.78, 5) is 4.34. The van der Waals surface area contributed by atoms with Gasteiger partial charge in [0.2, 0.25) is 0 Å². The van der Waals surface area contributed by atoms with Crippen molar-refractivity contribution in [1.29, 1.82) is 0 Å². The lowest BCUT2D eigenvalue weighted by Crippen LogP contribution is -2.37. The van der Waals surface area contributed by atoms with Crippen molar-refractivity contribution in [2.75, 3.05) is 6.61 Å². The molecule has 0 spiro atoms. The fourth-order valence-corrected chi connectivity index (χ4v) is 2.43. The second kappa shape index (κ2) is 5.87. The molecule has 110 valence electrons. The third kappa shape index (κ3) is 3.16. The minimum absolute atomic E-state index is 0.141. The number of fused-ring (bicyclic) bond motifs is 1. The molecule has 6 nitrogen and oxygen atoms in total. The molecule has 2 aromatic rings. The average molecular weight is 285 g/mol. The van der Waals surface area contributed by atoms with Gasteiger partial charge >= 0.3 is 0 Å². The molecule has 1 aliphatic rings. The van der Waals surface area contributed by atoms with E-state index in [1.54, 1.807) is 4.68 Å². The van der Waals surface area contributed by atoms with Crippen LogP contribution in [0.25, 0.3) is 0 Å². The third-order valence-electron chi connectivity index (χ3n) is 3.46. The summed E-state index contributed by atoms with van der Waals surface area (Å²) in [6.07, 6.45) is 2.76. The molecule has 2 heterocycles. The van der Waals surface area contributed by atoms with E-state index >= 15 is 0 Å². The minimum atomic E-state index is 0.141. The fraction of sp³-hybridized carbons (Fsp3) is 0.333. The Morgan fingerprint density at radius 1 is 1.48 bits per heavy atom. The van der Waals surface area contributed by atoms with Crippen LogP contribution in [0.1, 0.15) is 23.7 Å². The third-order valence-corrected chi connectivity index (χ3v) is 3.46. The van der Waals surface area contributed by atoms with Crippen LogP contribution in [0.5, 0.6) is 5.75 Å². The Labute approximate surface area is 123 Å². The molecular formula is C15H19N5O. The van der Waals surface area contributed by atoms with E-state index in [4.69, 9.17) is 10.5 Å². The van der Waals surface area contributed by atoms with Crippen molar-refractivity contribution < 1.29 is 4.74 Å². The molecule has 6 heteroatoms. The maximum absolute atomic E-state index is 5.98. The van der Waals surface area contributed by atoms with Gasteiger partial charge in [-0.05, 0) is 12.1 Å². The maximum Gasteiger partial charge on any atom is 0.189 e. The summed E-state index contributed by atoms with van der Waals surface area (Å²) in [7, 11) is 1.88. The van der Waals surface area contributed by atoms with Gasteiger partial charge in [0, 0.05) is 25.2 Å². The first-order valence-electron chi connectivity index (χ1n) is 6.99. The Bertz CT molecular complexity index is 649. The van der Waals surface area contributed by atoms with E-state index in [0.717, 1.165) is 23.4 Å². The molecule has 1 unspecified atom stereocenters. The monoisotopic (exact) mass is 285 g/mol. The lowest BCUT2D eigenvalue weighted by molar-refractivity contribution is 0.262. The molecule has 3 N–H and O–H groups in total. The zero-order chi connectivity index (χ0) is 14.7. The van der Waals surface area contributed by atoms with Crippen LogP contribution in [0.2, 0.25) is 0 Å². The van der Waals surface area contributed by atoms with Crippen molar-refractivity contribution in [3.05, 3.63) is 47.8 Å². The van der Waals surface area contributed by atoms with Crippen LogP contribution in [0.3, 0.4) is 0 Å². The number of ether oxygens (including phenoxy) is 1. The standard InChI is InChI=1S/C15H19N5O/c1-20-8-6-11(19-20)10-17-15(16)18-13-7-9-21-14-5-3-2-4-12(13)14/h2-6,8,13H,7,9-10H2,1H3,(H3,16,17,18). The Morgan fingerprint density at radius 2 is 2.33 bits per heavy atom. The highest BCUT2D eigenvalue weighted by molar-refractivity contribution is 5.78. The molecule has 21 heavy (non-hydrogen) atoms. The molecular weight excluding hydrogens is 266 g/mol. The summed E-state index contributed by atoms with van der Waals surface area (Å²) >= 11 is 0. The number of guanidine groups is 1. The molecule has 1 aliphatic heterocycles. The molecule has 0 radical (unpaired) electrons. The number of rotatable bonds is 3. The van der Waals surface area contributed by atoms with Gasteiger partial charge in [-0.25, -0.2) is 4.99 Å². The lowest BCUT2D eigenvalue weighted by atomic mass is 10.0.